The maximum Gasteiger partial charge on any atom is 0.253 e. The molecular formula is C17H14BrClN4O. The molecule has 122 valence electrons. The Morgan fingerprint density at radius 1 is 1.29 bits per heavy atom. The van der Waals surface area contributed by atoms with Gasteiger partial charge in [-0.2, -0.15) is 5.10 Å². The van der Waals surface area contributed by atoms with Crippen LogP contribution in [0, 0.1) is 0 Å². The Balaban J connectivity index is 1.73. The number of pyridine rings is 1. The molecule has 0 saturated carbocycles. The van der Waals surface area contributed by atoms with Crippen molar-refractivity contribution in [1.82, 2.24) is 20.1 Å². The summed E-state index contributed by atoms with van der Waals surface area (Å²) in [5.74, 6) is -0.244. The highest BCUT2D eigenvalue weighted by atomic mass is 79.9. The molecule has 0 atom stereocenters. The lowest BCUT2D eigenvalue weighted by molar-refractivity contribution is 0.0950. The van der Waals surface area contributed by atoms with E-state index in [1.54, 1.807) is 29.1 Å². The number of halogens is 2. The zero-order valence-corrected chi connectivity index (χ0v) is 15.2. The summed E-state index contributed by atoms with van der Waals surface area (Å²) in [7, 11) is 1.85. The van der Waals surface area contributed by atoms with Gasteiger partial charge in [-0.05, 0) is 36.4 Å². The minimum atomic E-state index is -0.244. The van der Waals surface area contributed by atoms with Gasteiger partial charge >= 0.3 is 0 Å². The van der Waals surface area contributed by atoms with Crippen molar-refractivity contribution in [3.63, 3.8) is 0 Å². The number of carbonyl (C=O) groups is 1. The number of aromatic nitrogens is 3. The number of nitrogens with zero attached hydrogens (tertiary/aromatic N) is 3. The standard InChI is InChI=1S/C17H14BrClN4O/c1-23-16(15-4-2-3-7-20-15)9-12(22-23)10-21-17(24)13-8-11(18)5-6-14(13)19/h2-9H,10H2,1H3,(H,21,24). The normalized spacial score (nSPS) is 10.6. The quantitative estimate of drug-likeness (QED) is 0.717. The lowest BCUT2D eigenvalue weighted by Gasteiger charge is -2.05. The first kappa shape index (κ1) is 16.7. The van der Waals surface area contributed by atoms with E-state index in [4.69, 9.17) is 11.6 Å². The van der Waals surface area contributed by atoms with Crippen LogP contribution in [0.1, 0.15) is 16.1 Å². The van der Waals surface area contributed by atoms with E-state index in [2.05, 4.69) is 31.3 Å². The van der Waals surface area contributed by atoms with Gasteiger partial charge in [0.05, 0.1) is 34.2 Å². The maximum absolute atomic E-state index is 12.3. The Morgan fingerprint density at radius 3 is 2.88 bits per heavy atom. The van der Waals surface area contributed by atoms with Crippen LogP contribution in [-0.2, 0) is 13.6 Å². The Morgan fingerprint density at radius 2 is 2.12 bits per heavy atom. The van der Waals surface area contributed by atoms with Crippen molar-refractivity contribution in [3.05, 3.63) is 69.4 Å². The van der Waals surface area contributed by atoms with E-state index in [-0.39, 0.29) is 5.91 Å². The summed E-state index contributed by atoms with van der Waals surface area (Å²) in [6.07, 6.45) is 1.74. The molecule has 0 radical (unpaired) electrons. The number of nitrogens with one attached hydrogen (secondary N) is 1. The van der Waals surface area contributed by atoms with Gasteiger partial charge in [-0.3, -0.25) is 14.5 Å². The molecule has 0 saturated heterocycles. The maximum atomic E-state index is 12.3. The van der Waals surface area contributed by atoms with Crippen molar-refractivity contribution < 1.29 is 4.79 Å². The molecule has 5 nitrogen and oxygen atoms in total. The zero-order chi connectivity index (χ0) is 17.1. The van der Waals surface area contributed by atoms with Crippen LogP contribution in [0.25, 0.3) is 11.4 Å². The summed E-state index contributed by atoms with van der Waals surface area (Å²) < 4.78 is 2.54. The summed E-state index contributed by atoms with van der Waals surface area (Å²) in [5, 5.41) is 7.66. The van der Waals surface area contributed by atoms with E-state index in [0.717, 1.165) is 21.6 Å². The van der Waals surface area contributed by atoms with Gasteiger partial charge in [-0.15, -0.1) is 0 Å². The van der Waals surface area contributed by atoms with Crippen molar-refractivity contribution >= 4 is 33.4 Å². The summed E-state index contributed by atoms with van der Waals surface area (Å²) in [4.78, 5) is 16.6. The van der Waals surface area contributed by atoms with Crippen molar-refractivity contribution in [2.75, 3.05) is 0 Å². The number of aryl methyl sites for hydroxylation is 1. The minimum absolute atomic E-state index is 0.244. The number of amides is 1. The highest BCUT2D eigenvalue weighted by molar-refractivity contribution is 9.10. The van der Waals surface area contributed by atoms with Gasteiger partial charge in [-0.25, -0.2) is 0 Å². The highest BCUT2D eigenvalue weighted by Gasteiger charge is 2.13. The van der Waals surface area contributed by atoms with Crippen molar-refractivity contribution in [2.24, 2.45) is 7.05 Å². The van der Waals surface area contributed by atoms with Crippen LogP contribution < -0.4 is 5.32 Å². The molecule has 1 aromatic carbocycles. The van der Waals surface area contributed by atoms with E-state index in [9.17, 15) is 4.79 Å². The first-order valence-electron chi connectivity index (χ1n) is 7.22. The van der Waals surface area contributed by atoms with Crippen molar-refractivity contribution in [2.45, 2.75) is 6.54 Å². The van der Waals surface area contributed by atoms with Crippen LogP contribution in [-0.4, -0.2) is 20.7 Å². The topological polar surface area (TPSA) is 59.8 Å². The van der Waals surface area contributed by atoms with Crippen LogP contribution in [0.5, 0.6) is 0 Å². The molecule has 0 aliphatic rings. The third-order valence-corrected chi connectivity index (χ3v) is 4.28. The van der Waals surface area contributed by atoms with Gasteiger partial charge in [-0.1, -0.05) is 33.6 Å². The van der Waals surface area contributed by atoms with E-state index in [1.807, 2.05) is 31.3 Å². The molecule has 2 heterocycles. The fourth-order valence-corrected chi connectivity index (χ4v) is 2.87. The molecule has 0 aliphatic carbocycles. The SMILES string of the molecule is Cn1nc(CNC(=O)c2cc(Br)ccc2Cl)cc1-c1ccccn1. The van der Waals surface area contributed by atoms with Gasteiger partial charge < -0.3 is 5.32 Å². The summed E-state index contributed by atoms with van der Waals surface area (Å²) >= 11 is 9.41. The molecule has 0 unspecified atom stereocenters. The second-order valence-corrected chi connectivity index (χ2v) is 6.49. The lowest BCUT2D eigenvalue weighted by Crippen LogP contribution is -2.23. The van der Waals surface area contributed by atoms with E-state index < -0.39 is 0 Å². The van der Waals surface area contributed by atoms with Crippen LogP contribution in [0.15, 0.2) is 53.1 Å². The molecule has 24 heavy (non-hydrogen) atoms. The molecule has 3 rings (SSSR count). The number of carbonyl (C=O) groups excluding carboxylic acids is 1. The van der Waals surface area contributed by atoms with Crippen molar-refractivity contribution in [3.8, 4) is 11.4 Å². The largest absolute Gasteiger partial charge is 0.346 e. The summed E-state index contributed by atoms with van der Waals surface area (Å²) in [6, 6.07) is 12.8. The summed E-state index contributed by atoms with van der Waals surface area (Å²) in [6.45, 7) is 0.308. The monoisotopic (exact) mass is 404 g/mol. The van der Waals surface area contributed by atoms with E-state index in [1.165, 1.54) is 0 Å². The molecular weight excluding hydrogens is 392 g/mol. The van der Waals surface area contributed by atoms with Crippen LogP contribution in [0.2, 0.25) is 5.02 Å². The highest BCUT2D eigenvalue weighted by Crippen LogP contribution is 2.21. The van der Waals surface area contributed by atoms with Crippen molar-refractivity contribution in [1.29, 1.82) is 0 Å². The van der Waals surface area contributed by atoms with Gasteiger partial charge in [0.2, 0.25) is 0 Å². The predicted octanol–water partition coefficient (Wildman–Crippen LogP) is 3.83. The van der Waals surface area contributed by atoms with Crippen LogP contribution >= 0.6 is 27.5 Å². The molecule has 1 N–H and O–H groups in total. The number of rotatable bonds is 4. The Hall–Kier alpha value is -2.18. The molecule has 0 spiro atoms. The average Bonchev–Trinajstić information content (AvgIpc) is 2.96. The average molecular weight is 406 g/mol. The molecule has 7 heteroatoms. The fraction of sp³-hybridized carbons (Fsp3) is 0.118. The van der Waals surface area contributed by atoms with E-state index in [0.29, 0.717) is 17.1 Å². The van der Waals surface area contributed by atoms with Gasteiger partial charge in [0.1, 0.15) is 0 Å². The smallest absolute Gasteiger partial charge is 0.253 e. The third kappa shape index (κ3) is 3.66. The fourth-order valence-electron chi connectivity index (χ4n) is 2.30. The van der Waals surface area contributed by atoms with Gasteiger partial charge in [0, 0.05) is 17.7 Å². The second kappa shape index (κ2) is 7.15. The first-order valence-corrected chi connectivity index (χ1v) is 8.39. The minimum Gasteiger partial charge on any atom is -0.346 e. The van der Waals surface area contributed by atoms with E-state index >= 15 is 0 Å². The van der Waals surface area contributed by atoms with Gasteiger partial charge in [0.25, 0.3) is 5.91 Å². The summed E-state index contributed by atoms with van der Waals surface area (Å²) in [5.41, 5.74) is 2.89. The first-order chi connectivity index (χ1) is 11.5. The number of hydrogen-bond acceptors (Lipinski definition) is 3. The number of benzene rings is 1. The van der Waals surface area contributed by atoms with Crippen LogP contribution in [0.3, 0.4) is 0 Å². The van der Waals surface area contributed by atoms with Gasteiger partial charge in [0.15, 0.2) is 0 Å². The molecule has 2 aromatic heterocycles. The Labute approximate surface area is 152 Å². The Bertz CT molecular complexity index is 880. The van der Waals surface area contributed by atoms with Crippen LogP contribution in [0.4, 0.5) is 0 Å². The third-order valence-electron chi connectivity index (χ3n) is 3.46. The lowest BCUT2D eigenvalue weighted by atomic mass is 10.2. The Kier molecular flexibility index (Phi) is 4.97. The molecule has 3 aromatic rings. The second-order valence-electron chi connectivity index (χ2n) is 5.17. The zero-order valence-electron chi connectivity index (χ0n) is 12.8. The number of hydrogen-bond donors (Lipinski definition) is 1. The molecule has 0 bridgehead atoms. The molecule has 0 aliphatic heterocycles. The predicted molar refractivity (Wildman–Crippen MR) is 96.8 cm³/mol. The molecule has 0 fully saturated rings. The molecule has 1 amide bonds.